The Hall–Kier alpha value is -8.65. The maximum atomic E-state index is 10.2. The van der Waals surface area contributed by atoms with Crippen LogP contribution in [0.1, 0.15) is 11.1 Å². The van der Waals surface area contributed by atoms with E-state index in [1.807, 2.05) is 97.1 Å². The lowest BCUT2D eigenvalue weighted by Gasteiger charge is -2.16. The van der Waals surface area contributed by atoms with E-state index in [9.17, 15) is 10.5 Å². The first-order chi connectivity index (χ1) is 29.7. The lowest BCUT2D eigenvalue weighted by atomic mass is 9.98. The summed E-state index contributed by atoms with van der Waals surface area (Å²) in [5, 5.41) is 24.8. The van der Waals surface area contributed by atoms with Crippen molar-refractivity contribution in [3.8, 4) is 68.8 Å². The van der Waals surface area contributed by atoms with Gasteiger partial charge in [0.25, 0.3) is 0 Å². The molecule has 0 aliphatic heterocycles. The number of hydrogen-bond acceptors (Lipinski definition) is 5. The van der Waals surface area contributed by atoms with Gasteiger partial charge in [-0.05, 0) is 72.3 Å². The molecular formula is C53H31N7. The van der Waals surface area contributed by atoms with Crippen molar-refractivity contribution in [1.29, 1.82) is 10.5 Å². The fourth-order valence-corrected chi connectivity index (χ4v) is 8.52. The fraction of sp³-hybridized carbons (Fsp3) is 0. The third-order valence-electron chi connectivity index (χ3n) is 11.2. The fourth-order valence-electron chi connectivity index (χ4n) is 8.52. The molecule has 0 radical (unpaired) electrons. The number of hydrogen-bond donors (Lipinski definition) is 0. The normalized spacial score (nSPS) is 11.3. The lowest BCUT2D eigenvalue weighted by molar-refractivity contribution is 1.06. The van der Waals surface area contributed by atoms with E-state index in [1.54, 1.807) is 0 Å². The summed E-state index contributed by atoms with van der Waals surface area (Å²) in [5.74, 6) is 1.54. The highest BCUT2D eigenvalue weighted by Crippen LogP contribution is 2.41. The van der Waals surface area contributed by atoms with Crippen LogP contribution in [0, 0.1) is 22.7 Å². The van der Waals surface area contributed by atoms with Crippen LogP contribution in [0.4, 0.5) is 0 Å². The van der Waals surface area contributed by atoms with Gasteiger partial charge in [0.05, 0.1) is 56.7 Å². The van der Waals surface area contributed by atoms with Crippen molar-refractivity contribution in [3.05, 3.63) is 199 Å². The van der Waals surface area contributed by atoms with E-state index in [2.05, 4.69) is 112 Å². The summed E-state index contributed by atoms with van der Waals surface area (Å²) in [5.41, 5.74) is 11.4. The van der Waals surface area contributed by atoms with Crippen molar-refractivity contribution in [1.82, 2.24) is 24.1 Å². The summed E-state index contributed by atoms with van der Waals surface area (Å²) < 4.78 is 4.54. The van der Waals surface area contributed by atoms with Crippen molar-refractivity contribution >= 4 is 43.6 Å². The van der Waals surface area contributed by atoms with Gasteiger partial charge < -0.3 is 9.13 Å². The second kappa shape index (κ2) is 14.1. The molecule has 0 fully saturated rings. The van der Waals surface area contributed by atoms with Crippen LogP contribution in [-0.4, -0.2) is 24.1 Å². The number of nitrogens with zero attached hydrogens (tertiary/aromatic N) is 7. The Labute approximate surface area is 345 Å². The smallest absolute Gasteiger partial charge is 0.166 e. The largest absolute Gasteiger partial charge is 0.309 e. The summed E-state index contributed by atoms with van der Waals surface area (Å²) >= 11 is 0. The second-order valence-electron chi connectivity index (χ2n) is 14.7. The summed E-state index contributed by atoms with van der Waals surface area (Å²) in [6, 6.07) is 68.0. The van der Waals surface area contributed by atoms with Gasteiger partial charge in [0.1, 0.15) is 0 Å². The van der Waals surface area contributed by atoms with Gasteiger partial charge in [-0.3, -0.25) is 0 Å². The van der Waals surface area contributed by atoms with E-state index in [1.165, 1.54) is 10.8 Å². The van der Waals surface area contributed by atoms with Gasteiger partial charge >= 0.3 is 0 Å². The van der Waals surface area contributed by atoms with E-state index < -0.39 is 0 Å². The van der Waals surface area contributed by atoms with Gasteiger partial charge in [-0.25, -0.2) is 15.0 Å². The minimum absolute atomic E-state index is 0.460. The second-order valence-corrected chi connectivity index (χ2v) is 14.7. The Morgan fingerprint density at radius 2 is 0.750 bits per heavy atom. The summed E-state index contributed by atoms with van der Waals surface area (Å²) in [4.78, 5) is 15.1. The molecule has 0 spiro atoms. The predicted molar refractivity (Wildman–Crippen MR) is 240 cm³/mol. The standard InChI is InChI=1S/C53H31N7/c54-32-34-23-26-48(59-45-20-10-7-17-39(45)40-18-8-11-21-46(40)59)42(29-34)38-25-28-49-43(31-38)41-19-9-12-22-47(41)60(49)50-27-24-35(33-55)30-44(50)53-57-51(36-13-3-1-4-14-36)56-52(58-53)37-15-5-2-6-16-37/h1-31H. The van der Waals surface area contributed by atoms with Crippen LogP contribution < -0.4 is 0 Å². The van der Waals surface area contributed by atoms with E-state index in [0.29, 0.717) is 34.2 Å². The molecule has 0 bridgehead atoms. The van der Waals surface area contributed by atoms with Crippen molar-refractivity contribution in [2.45, 2.75) is 0 Å². The minimum Gasteiger partial charge on any atom is -0.309 e. The maximum Gasteiger partial charge on any atom is 0.166 e. The zero-order valence-electron chi connectivity index (χ0n) is 32.0. The molecular weight excluding hydrogens is 735 g/mol. The molecule has 0 saturated heterocycles. The summed E-state index contributed by atoms with van der Waals surface area (Å²) in [7, 11) is 0. The van der Waals surface area contributed by atoms with Crippen molar-refractivity contribution in [2.75, 3.05) is 0 Å². The first-order valence-electron chi connectivity index (χ1n) is 19.6. The molecule has 7 heteroatoms. The number of nitriles is 2. The first kappa shape index (κ1) is 34.6. The minimum atomic E-state index is 0.460. The van der Waals surface area contributed by atoms with E-state index in [4.69, 9.17) is 15.0 Å². The van der Waals surface area contributed by atoms with E-state index in [-0.39, 0.29) is 0 Å². The quantitative estimate of drug-likeness (QED) is 0.168. The molecule has 11 aromatic rings. The highest BCUT2D eigenvalue weighted by atomic mass is 15.1. The number of aromatic nitrogens is 5. The van der Waals surface area contributed by atoms with Crippen LogP contribution >= 0.6 is 0 Å². The molecule has 0 atom stereocenters. The molecule has 8 aromatic carbocycles. The zero-order chi connectivity index (χ0) is 40.2. The Morgan fingerprint density at radius 3 is 1.27 bits per heavy atom. The molecule has 0 aliphatic carbocycles. The van der Waals surface area contributed by atoms with Gasteiger partial charge in [-0.15, -0.1) is 0 Å². The molecule has 0 unspecified atom stereocenters. The number of rotatable bonds is 6. The zero-order valence-corrected chi connectivity index (χ0v) is 32.0. The van der Waals surface area contributed by atoms with Gasteiger partial charge in [0.2, 0.25) is 0 Å². The number of para-hydroxylation sites is 3. The van der Waals surface area contributed by atoms with Gasteiger partial charge in [-0.2, -0.15) is 10.5 Å². The monoisotopic (exact) mass is 765 g/mol. The Bertz CT molecular complexity index is 3460. The molecule has 0 amide bonds. The van der Waals surface area contributed by atoms with Gasteiger partial charge in [0.15, 0.2) is 17.5 Å². The average molecular weight is 766 g/mol. The maximum absolute atomic E-state index is 10.2. The molecule has 3 heterocycles. The SMILES string of the molecule is N#Cc1ccc(-n2c3ccccc3c3ccccc32)c(-c2ccc3c(c2)c2ccccc2n3-c2ccc(C#N)cc2-c2nc(-c3ccccc3)nc(-c3ccccc3)n2)c1. The Morgan fingerprint density at radius 1 is 0.333 bits per heavy atom. The van der Waals surface area contributed by atoms with Crippen molar-refractivity contribution in [3.63, 3.8) is 0 Å². The van der Waals surface area contributed by atoms with E-state index in [0.717, 1.165) is 66.5 Å². The average Bonchev–Trinajstić information content (AvgIpc) is 3.84. The van der Waals surface area contributed by atoms with Crippen molar-refractivity contribution < 1.29 is 0 Å². The highest BCUT2D eigenvalue weighted by Gasteiger charge is 2.22. The highest BCUT2D eigenvalue weighted by molar-refractivity contribution is 6.12. The molecule has 0 N–H and O–H groups in total. The Kier molecular flexibility index (Phi) is 8.11. The van der Waals surface area contributed by atoms with Crippen LogP contribution in [0.15, 0.2) is 188 Å². The van der Waals surface area contributed by atoms with E-state index >= 15 is 0 Å². The summed E-state index contributed by atoms with van der Waals surface area (Å²) in [6.07, 6.45) is 0. The molecule has 0 aliphatic rings. The lowest BCUT2D eigenvalue weighted by Crippen LogP contribution is -2.04. The Balaban J connectivity index is 1.15. The number of benzene rings is 8. The first-order valence-corrected chi connectivity index (χ1v) is 19.6. The van der Waals surface area contributed by atoms with Crippen LogP contribution in [0.2, 0.25) is 0 Å². The van der Waals surface area contributed by atoms with Gasteiger partial charge in [-0.1, -0.05) is 121 Å². The van der Waals surface area contributed by atoms with Gasteiger partial charge in [0, 0.05) is 43.8 Å². The molecule has 7 nitrogen and oxygen atoms in total. The van der Waals surface area contributed by atoms with Crippen LogP contribution in [0.25, 0.3) is 100 Å². The topological polar surface area (TPSA) is 96.1 Å². The number of fused-ring (bicyclic) bond motifs is 6. The van der Waals surface area contributed by atoms with Crippen LogP contribution in [0.3, 0.4) is 0 Å². The molecule has 0 saturated carbocycles. The molecule has 3 aromatic heterocycles. The van der Waals surface area contributed by atoms with Crippen LogP contribution in [0.5, 0.6) is 0 Å². The molecule has 11 rings (SSSR count). The van der Waals surface area contributed by atoms with Crippen LogP contribution in [-0.2, 0) is 0 Å². The summed E-state index contributed by atoms with van der Waals surface area (Å²) in [6.45, 7) is 0. The third kappa shape index (κ3) is 5.61. The van der Waals surface area contributed by atoms with Crippen molar-refractivity contribution in [2.24, 2.45) is 0 Å². The predicted octanol–water partition coefficient (Wildman–Crippen LogP) is 12.5. The molecule has 278 valence electrons. The third-order valence-corrected chi connectivity index (χ3v) is 11.2. The molecule has 60 heavy (non-hydrogen) atoms.